The van der Waals surface area contributed by atoms with Gasteiger partial charge in [0.05, 0.1) is 29.9 Å². The summed E-state index contributed by atoms with van der Waals surface area (Å²) < 4.78 is 27.7. The van der Waals surface area contributed by atoms with E-state index in [9.17, 15) is 8.42 Å². The maximum Gasteiger partial charge on any atom is 0.213 e. The molecule has 0 amide bonds. The van der Waals surface area contributed by atoms with E-state index in [4.69, 9.17) is 17.4 Å². The molecule has 0 fully saturated rings. The number of primary sulfonamides is 1. The minimum absolute atomic E-state index is 0.120. The van der Waals surface area contributed by atoms with Crippen LogP contribution in [-0.2, 0) is 34.3 Å². The van der Waals surface area contributed by atoms with Crippen molar-refractivity contribution in [1.29, 1.82) is 0 Å². The van der Waals surface area contributed by atoms with Crippen molar-refractivity contribution in [3.05, 3.63) is 99.8 Å². The van der Waals surface area contributed by atoms with Crippen LogP contribution in [0.25, 0.3) is 11.0 Å². The number of hydrogen-bond acceptors (Lipinski definition) is 3. The van der Waals surface area contributed by atoms with Crippen LogP contribution in [0.5, 0.6) is 0 Å². The summed E-state index contributed by atoms with van der Waals surface area (Å²) in [4.78, 5) is 0. The number of aromatic nitrogens is 2. The molecule has 2 N–H and O–H groups in total. The molecule has 0 aliphatic rings. The predicted molar refractivity (Wildman–Crippen MR) is 137 cm³/mol. The molecule has 5 nitrogen and oxygen atoms in total. The molecule has 0 unspecified atom stereocenters. The lowest BCUT2D eigenvalue weighted by molar-refractivity contribution is 0.589. The van der Waals surface area contributed by atoms with Crippen LogP contribution in [-0.4, -0.2) is 17.6 Å². The van der Waals surface area contributed by atoms with Crippen LogP contribution >= 0.6 is 12.2 Å². The van der Waals surface area contributed by atoms with Crippen molar-refractivity contribution in [3.63, 3.8) is 0 Å². The summed E-state index contributed by atoms with van der Waals surface area (Å²) in [7, 11) is -3.55. The smallest absolute Gasteiger partial charge is 0.213 e. The van der Waals surface area contributed by atoms with Crippen molar-refractivity contribution < 1.29 is 8.42 Å². The molecule has 1 aromatic heterocycles. The fraction of sp³-hybridized carbons (Fsp3) is 0.269. The molecule has 0 aliphatic carbocycles. The van der Waals surface area contributed by atoms with E-state index in [1.54, 1.807) is 12.1 Å². The average molecular weight is 480 g/mol. The molecular weight excluding hydrogens is 450 g/mol. The van der Waals surface area contributed by atoms with Crippen molar-refractivity contribution in [2.24, 2.45) is 5.14 Å². The Balaban J connectivity index is 1.66. The van der Waals surface area contributed by atoms with Gasteiger partial charge in [0.1, 0.15) is 0 Å². The summed E-state index contributed by atoms with van der Waals surface area (Å²) >= 11 is 5.90. The number of nitrogens with zero attached hydrogens (tertiary/aromatic N) is 2. The molecule has 3 aromatic carbocycles. The summed E-state index contributed by atoms with van der Waals surface area (Å²) in [5.41, 5.74) is 6.51. The highest BCUT2D eigenvalue weighted by molar-refractivity contribution is 7.88. The largest absolute Gasteiger partial charge is 0.312 e. The third-order valence-corrected chi connectivity index (χ3v) is 6.99. The quantitative estimate of drug-likeness (QED) is 0.379. The van der Waals surface area contributed by atoms with Gasteiger partial charge in [-0.1, -0.05) is 81.4 Å². The van der Waals surface area contributed by atoms with E-state index < -0.39 is 10.0 Å². The van der Waals surface area contributed by atoms with Crippen molar-refractivity contribution in [1.82, 2.24) is 9.13 Å². The summed E-state index contributed by atoms with van der Waals surface area (Å²) in [6, 6.07) is 24.5. The van der Waals surface area contributed by atoms with Crippen LogP contribution < -0.4 is 5.14 Å². The molecule has 1 heterocycles. The average Bonchev–Trinajstić information content (AvgIpc) is 3.00. The lowest BCUT2D eigenvalue weighted by Crippen LogP contribution is -2.14. The van der Waals surface area contributed by atoms with E-state index in [-0.39, 0.29) is 11.2 Å². The zero-order valence-corrected chi connectivity index (χ0v) is 20.8. The molecule has 0 atom stereocenters. The normalized spacial score (nSPS) is 12.4. The number of para-hydroxylation sites is 2. The Hall–Kier alpha value is -2.74. The van der Waals surface area contributed by atoms with Gasteiger partial charge in [-0.3, -0.25) is 0 Å². The summed E-state index contributed by atoms with van der Waals surface area (Å²) in [6.07, 6.45) is 0. The van der Waals surface area contributed by atoms with Gasteiger partial charge in [-0.05, 0) is 52.0 Å². The number of sulfonamides is 1. The Kier molecular flexibility index (Phi) is 6.31. The molecule has 0 aliphatic heterocycles. The predicted octanol–water partition coefficient (Wildman–Crippen LogP) is 5.35. The second-order valence-electron chi connectivity index (χ2n) is 9.51. The highest BCUT2D eigenvalue weighted by atomic mass is 32.2. The number of benzene rings is 3. The number of imidazole rings is 1. The van der Waals surface area contributed by atoms with Gasteiger partial charge in [0.2, 0.25) is 10.0 Å². The van der Waals surface area contributed by atoms with Crippen molar-refractivity contribution in [3.8, 4) is 0 Å². The molecule has 0 bridgehead atoms. The van der Waals surface area contributed by atoms with Crippen LogP contribution in [0.15, 0.2) is 72.8 Å². The summed E-state index contributed by atoms with van der Waals surface area (Å²) in [6.45, 7) is 7.95. The fourth-order valence-corrected chi connectivity index (χ4v) is 5.01. The van der Waals surface area contributed by atoms with Crippen molar-refractivity contribution in [2.45, 2.75) is 45.0 Å². The number of hydrogen-bond donors (Lipinski definition) is 1. The third-order valence-electron chi connectivity index (χ3n) is 5.82. The maximum absolute atomic E-state index is 11.3. The third kappa shape index (κ3) is 5.43. The van der Waals surface area contributed by atoms with Crippen LogP contribution in [0, 0.1) is 4.77 Å². The van der Waals surface area contributed by atoms with Crippen molar-refractivity contribution in [2.75, 3.05) is 0 Å². The maximum atomic E-state index is 11.3. The first kappa shape index (κ1) is 23.4. The first-order valence-electron chi connectivity index (χ1n) is 10.9. The number of nitrogens with two attached hydrogens (primary N) is 1. The van der Waals surface area contributed by atoms with E-state index in [1.165, 1.54) is 11.1 Å². The summed E-state index contributed by atoms with van der Waals surface area (Å²) in [5.74, 6) is -0.167. The lowest BCUT2D eigenvalue weighted by Gasteiger charge is -2.19. The molecule has 7 heteroatoms. The zero-order chi connectivity index (χ0) is 23.8. The van der Waals surface area contributed by atoms with Gasteiger partial charge in [0, 0.05) is 0 Å². The van der Waals surface area contributed by atoms with Crippen LogP contribution in [0.3, 0.4) is 0 Å². The molecule has 0 radical (unpaired) electrons. The monoisotopic (exact) mass is 479 g/mol. The van der Waals surface area contributed by atoms with Gasteiger partial charge in [-0.2, -0.15) is 0 Å². The molecule has 4 rings (SSSR count). The van der Waals surface area contributed by atoms with Crippen LogP contribution in [0.2, 0.25) is 0 Å². The Morgan fingerprint density at radius 3 is 1.61 bits per heavy atom. The summed E-state index contributed by atoms with van der Waals surface area (Å²) in [5, 5.41) is 5.16. The van der Waals surface area contributed by atoms with E-state index >= 15 is 0 Å². The van der Waals surface area contributed by atoms with Crippen LogP contribution in [0.4, 0.5) is 0 Å². The SMILES string of the molecule is CC(C)(C)c1ccc(Cn2c(=S)n(Cc3ccc(CS(N)(=O)=O)cc3)c3ccccc32)cc1. The Morgan fingerprint density at radius 1 is 0.758 bits per heavy atom. The number of fused-ring (bicyclic) bond motifs is 1. The Labute approximate surface area is 200 Å². The minimum Gasteiger partial charge on any atom is -0.312 e. The Bertz CT molecular complexity index is 1440. The van der Waals surface area contributed by atoms with Gasteiger partial charge in [0.25, 0.3) is 0 Å². The molecule has 33 heavy (non-hydrogen) atoms. The fourth-order valence-electron chi connectivity index (χ4n) is 4.03. The van der Waals surface area contributed by atoms with E-state index in [2.05, 4.69) is 66.3 Å². The zero-order valence-electron chi connectivity index (χ0n) is 19.2. The molecule has 0 spiro atoms. The Morgan fingerprint density at radius 2 is 1.18 bits per heavy atom. The van der Waals surface area contributed by atoms with Crippen LogP contribution in [0.1, 0.15) is 43.0 Å². The van der Waals surface area contributed by atoms with Gasteiger partial charge < -0.3 is 9.13 Å². The van der Waals surface area contributed by atoms with E-state index in [0.29, 0.717) is 18.7 Å². The molecule has 172 valence electrons. The van der Waals surface area contributed by atoms with Gasteiger partial charge >= 0.3 is 0 Å². The minimum atomic E-state index is -3.55. The second kappa shape index (κ2) is 8.89. The van der Waals surface area contributed by atoms with Crippen molar-refractivity contribution >= 4 is 33.3 Å². The second-order valence-corrected chi connectivity index (χ2v) is 11.5. The first-order valence-corrected chi connectivity index (χ1v) is 13.0. The first-order chi connectivity index (χ1) is 15.5. The lowest BCUT2D eigenvalue weighted by atomic mass is 9.87. The molecule has 0 saturated carbocycles. The molecule has 0 saturated heterocycles. The highest BCUT2D eigenvalue weighted by Gasteiger charge is 2.15. The topological polar surface area (TPSA) is 70.0 Å². The highest BCUT2D eigenvalue weighted by Crippen LogP contribution is 2.24. The van der Waals surface area contributed by atoms with E-state index in [0.717, 1.165) is 21.4 Å². The molecular formula is C26H29N3O2S2. The standard InChI is InChI=1S/C26H29N3O2S2/c1-26(2,3)22-14-12-20(13-15-22)17-29-24-7-5-4-6-23(24)28(25(29)32)16-19-8-10-21(11-9-19)18-33(27,30)31/h4-15H,16-18H2,1-3H3,(H2,27,30,31). The van der Waals surface area contributed by atoms with E-state index in [1.807, 2.05) is 24.3 Å². The van der Waals surface area contributed by atoms with Gasteiger partial charge in [0.15, 0.2) is 4.77 Å². The molecule has 4 aromatic rings. The number of rotatable bonds is 6. The van der Waals surface area contributed by atoms with Gasteiger partial charge in [-0.25, -0.2) is 13.6 Å². The van der Waals surface area contributed by atoms with Gasteiger partial charge in [-0.15, -0.1) is 0 Å².